The zero-order valence-electron chi connectivity index (χ0n) is 53.9. The number of nitriles is 1. The molecule has 0 atom stereocenters. The molecule has 13 nitrogen and oxygen atoms in total. The van der Waals surface area contributed by atoms with Gasteiger partial charge < -0.3 is 33.9 Å². The number of benzene rings is 5. The third kappa shape index (κ3) is 13.6. The molecule has 7 heterocycles. The van der Waals surface area contributed by atoms with E-state index in [9.17, 15) is 5.26 Å². The van der Waals surface area contributed by atoms with Gasteiger partial charge in [0.25, 0.3) is 0 Å². The first-order valence-corrected chi connectivity index (χ1v) is 32.6. The zero-order valence-corrected chi connectivity index (χ0v) is 56.5. The number of fused-ring (bicyclic) bond motifs is 9. The number of ether oxygens (including phenoxy) is 4. The second kappa shape index (κ2) is 25.5. The number of thioether (sulfide) groups is 2. The van der Waals surface area contributed by atoms with Crippen LogP contribution in [-0.2, 0) is 38.7 Å². The molecule has 1 radical (unpaired) electrons. The van der Waals surface area contributed by atoms with Crippen molar-refractivity contribution in [3.8, 4) is 86.0 Å². The van der Waals surface area contributed by atoms with Crippen molar-refractivity contribution in [1.29, 1.82) is 5.26 Å². The summed E-state index contributed by atoms with van der Waals surface area (Å²) in [5.74, 6) is 3.19. The Morgan fingerprint density at radius 2 is 0.620 bits per heavy atom. The molecule has 1 aliphatic heterocycles. The number of nitrogens with zero attached hydrogens (tertiary/aromatic N) is 9. The molecular weight excluding hydrogens is 1230 g/mol. The van der Waals surface area contributed by atoms with Crippen LogP contribution in [0.4, 0.5) is 0 Å². The second-order valence-corrected chi connectivity index (χ2v) is 28.1. The van der Waals surface area contributed by atoms with E-state index >= 15 is 0 Å². The monoisotopic (exact) mass is 1300 g/mol. The van der Waals surface area contributed by atoms with Crippen molar-refractivity contribution >= 4 is 68.8 Å². The molecule has 92 heavy (non-hydrogen) atoms. The van der Waals surface area contributed by atoms with Crippen molar-refractivity contribution in [3.63, 3.8) is 0 Å². The number of hydrogen-bond acceptors (Lipinski definition) is 12. The van der Waals surface area contributed by atoms with Crippen LogP contribution in [0.15, 0.2) is 168 Å². The Balaban J connectivity index is 0.00000867. The first-order chi connectivity index (χ1) is 43.4. The summed E-state index contributed by atoms with van der Waals surface area (Å²) in [6.07, 6.45) is 7.77. The summed E-state index contributed by atoms with van der Waals surface area (Å²) in [6.45, 7) is 26.2. The van der Waals surface area contributed by atoms with Crippen molar-refractivity contribution in [2.75, 3.05) is 12.5 Å². The van der Waals surface area contributed by atoms with Gasteiger partial charge in [0.1, 0.15) is 34.1 Å². The Morgan fingerprint density at radius 3 is 0.935 bits per heavy atom. The molecule has 1 aliphatic rings. The van der Waals surface area contributed by atoms with Crippen LogP contribution in [0.25, 0.3) is 78.6 Å². The third-order valence-electron chi connectivity index (χ3n) is 15.9. The zero-order chi connectivity index (χ0) is 64.1. The van der Waals surface area contributed by atoms with Crippen LogP contribution in [-0.4, -0.2) is 37.4 Å². The quantitative estimate of drug-likeness (QED) is 0.0607. The smallest absolute Gasteiger partial charge is 0.235 e. The van der Waals surface area contributed by atoms with E-state index in [1.807, 2.05) is 122 Å². The standard InChI is InChI=1S/C76H70N9O4S2.Cu/c1-73(2,3)46-19-27-50(28-20-46)86-67-65(68(83-71(82-67)90-13)87-51-29-21-47(22-30-51)74(4,5)6)63-58-37-35-54(78-58)55-36-38-59(79-55)64(61-42-40-57(81-61)62(56-39-41-60(63)80-56)45-17-15-44(43-77)16-18-45)66-69(88-52-31-23-48(24-32-52)75(7,8)9)84-72(91-14)85-70(66)89-53-33-25-49(26-34-53)76(10,11)12;/h15-42H,1-14H3;/q-3;. The summed E-state index contributed by atoms with van der Waals surface area (Å²) in [7, 11) is 0. The molecule has 0 amide bonds. The molecule has 6 aromatic heterocycles. The SMILES string of the molecule is CSc1nc(Oc2ccc(C(C)(C)C)cc2)c(-c2c3nc(c(-c4ccc(C#N)cc4)c4ccc([n-]4)c(-c4c(Oc5ccc(C(C)(C)C)cc5)nc(SC)nc4Oc4ccc(C(C)(C)C)cc4)c4ccc([n-]4)c4ccc2[n-]4)C=C3)c(Oc2ccc(C(C)(C)C)cc2)n1.[Cu]. The largest absolute Gasteiger partial charge is 0.658 e. The molecule has 0 N–H and O–H groups in total. The summed E-state index contributed by atoms with van der Waals surface area (Å²) in [6, 6.07) is 53.7. The molecule has 0 saturated heterocycles. The Labute approximate surface area is 556 Å². The van der Waals surface area contributed by atoms with Crippen LogP contribution in [0, 0.1) is 11.3 Å². The van der Waals surface area contributed by atoms with Crippen molar-refractivity contribution in [2.24, 2.45) is 0 Å². The molecule has 0 spiro atoms. The molecule has 0 fully saturated rings. The van der Waals surface area contributed by atoms with Gasteiger partial charge in [0.15, 0.2) is 10.3 Å². The maximum absolute atomic E-state index is 10.1. The minimum atomic E-state index is -0.0949. The van der Waals surface area contributed by atoms with Crippen molar-refractivity contribution < 1.29 is 36.0 Å². The Kier molecular flexibility index (Phi) is 17.9. The maximum atomic E-state index is 10.1. The minimum Gasteiger partial charge on any atom is -0.658 e. The molecule has 5 aromatic carbocycles. The van der Waals surface area contributed by atoms with Gasteiger partial charge in [-0.1, -0.05) is 204 Å². The van der Waals surface area contributed by atoms with E-state index in [-0.39, 0.29) is 62.2 Å². The summed E-state index contributed by atoms with van der Waals surface area (Å²) in [5.41, 5.74) is 12.5. The van der Waals surface area contributed by atoms with Crippen LogP contribution < -0.4 is 33.9 Å². The van der Waals surface area contributed by atoms with Gasteiger partial charge in [0, 0.05) is 22.6 Å². The molecule has 16 heteroatoms. The van der Waals surface area contributed by atoms with E-state index in [1.54, 1.807) is 12.1 Å². The average molecular weight is 1300 g/mol. The fraction of sp³-hybridized carbons (Fsp3) is 0.237. The predicted octanol–water partition coefficient (Wildman–Crippen LogP) is 19.8. The van der Waals surface area contributed by atoms with Gasteiger partial charge in [0.05, 0.1) is 23.0 Å². The molecule has 0 aliphatic carbocycles. The predicted molar refractivity (Wildman–Crippen MR) is 369 cm³/mol. The number of rotatable bonds is 13. The first-order valence-electron chi connectivity index (χ1n) is 30.2. The van der Waals surface area contributed by atoms with Crippen LogP contribution in [0.2, 0.25) is 0 Å². The molecular formula is C76H70CuN9O4S2-3. The maximum Gasteiger partial charge on any atom is 0.235 e. The van der Waals surface area contributed by atoms with E-state index in [1.165, 1.54) is 23.5 Å². The van der Waals surface area contributed by atoms with Crippen molar-refractivity contribution in [3.05, 3.63) is 197 Å². The van der Waals surface area contributed by atoms with Gasteiger partial charge in [-0.3, -0.25) is 0 Å². The van der Waals surface area contributed by atoms with Gasteiger partial charge in [-0.05, 0) is 146 Å². The van der Waals surface area contributed by atoms with E-state index in [2.05, 4.69) is 138 Å². The summed E-state index contributed by atoms with van der Waals surface area (Å²) in [4.78, 5) is 42.5. The van der Waals surface area contributed by atoms with Gasteiger partial charge in [0.2, 0.25) is 23.5 Å². The molecule has 0 unspecified atom stereocenters. The number of aromatic nitrogens is 8. The van der Waals surface area contributed by atoms with E-state index in [0.29, 0.717) is 111 Å². The third-order valence-corrected chi connectivity index (χ3v) is 17.0. The van der Waals surface area contributed by atoms with Gasteiger partial charge >= 0.3 is 0 Å². The van der Waals surface area contributed by atoms with E-state index < -0.39 is 0 Å². The Morgan fingerprint density at radius 1 is 0.337 bits per heavy atom. The molecule has 8 bridgehead atoms. The number of hydrogen-bond donors (Lipinski definition) is 0. The van der Waals surface area contributed by atoms with Gasteiger partial charge in [-0.15, -0.1) is 22.1 Å². The van der Waals surface area contributed by atoms with Crippen LogP contribution in [0.1, 0.15) is 122 Å². The topological polar surface area (TPSA) is 167 Å². The van der Waals surface area contributed by atoms with Crippen LogP contribution >= 0.6 is 23.5 Å². The van der Waals surface area contributed by atoms with Gasteiger partial charge in [-0.25, -0.2) is 4.98 Å². The van der Waals surface area contributed by atoms with E-state index in [4.69, 9.17) is 58.8 Å². The summed E-state index contributed by atoms with van der Waals surface area (Å²) in [5, 5.41) is 10.9. The fourth-order valence-electron chi connectivity index (χ4n) is 10.7. The normalized spacial score (nSPS) is 12.2. The average Bonchev–Trinajstić information content (AvgIpc) is 1.53. The molecule has 11 aromatic rings. The van der Waals surface area contributed by atoms with Crippen molar-refractivity contribution in [2.45, 2.75) is 115 Å². The van der Waals surface area contributed by atoms with Crippen molar-refractivity contribution in [1.82, 2.24) is 39.9 Å². The Bertz CT molecular complexity index is 4590. The van der Waals surface area contributed by atoms with Crippen LogP contribution in [0.5, 0.6) is 46.5 Å². The fourth-order valence-corrected chi connectivity index (χ4v) is 11.4. The first kappa shape index (κ1) is 64.4. The second-order valence-electron chi connectivity index (χ2n) is 26.6. The van der Waals surface area contributed by atoms with Gasteiger partial charge in [-0.2, -0.15) is 36.2 Å². The summed E-state index contributed by atoms with van der Waals surface area (Å²) < 4.78 is 27.9. The summed E-state index contributed by atoms with van der Waals surface area (Å²) >= 11 is 2.75. The van der Waals surface area contributed by atoms with Crippen LogP contribution in [0.3, 0.4) is 0 Å². The minimum absolute atomic E-state index is 0. The molecule has 469 valence electrons. The van der Waals surface area contributed by atoms with E-state index in [0.717, 1.165) is 27.8 Å². The Hall–Kier alpha value is -9.10. The molecule has 0 saturated carbocycles. The molecule has 12 rings (SSSR count).